The maximum absolute atomic E-state index is 7.77. The quantitative estimate of drug-likeness (QED) is 0.159. The molecule has 0 heterocycles. The molecule has 4 aliphatic rings. The Morgan fingerprint density at radius 3 is 1.06 bits per heavy atom. The molecule has 2 aromatic rings. The Labute approximate surface area is 315 Å². The Bertz CT molecular complexity index is 1120. The highest BCUT2D eigenvalue weighted by molar-refractivity contribution is 5.28. The Morgan fingerprint density at radius 2 is 0.745 bits per heavy atom. The first-order valence-electron chi connectivity index (χ1n) is 22.8. The second kappa shape index (κ2) is 20.2. The molecule has 0 aliphatic heterocycles. The summed E-state index contributed by atoms with van der Waals surface area (Å²) in [5.74, 6) is 7.02. The Kier molecular flexibility index (Phi) is 15.5. The van der Waals surface area contributed by atoms with Crippen LogP contribution < -0.4 is 0 Å². The molecule has 2 unspecified atom stereocenters. The van der Waals surface area contributed by atoms with Crippen molar-refractivity contribution in [2.24, 2.45) is 47.3 Å². The summed E-state index contributed by atoms with van der Waals surface area (Å²) in [5, 5.41) is 0. The van der Waals surface area contributed by atoms with Gasteiger partial charge in [-0.05, 0) is 172 Å². The van der Waals surface area contributed by atoms with Gasteiger partial charge in [0.1, 0.15) is 0 Å². The zero-order valence-electron chi connectivity index (χ0n) is 33.8. The second-order valence-electron chi connectivity index (χ2n) is 18.8. The highest BCUT2D eigenvalue weighted by atomic mass is 16.5. The predicted octanol–water partition coefficient (Wildman–Crippen LogP) is 15.2. The van der Waals surface area contributed by atoms with Crippen molar-refractivity contribution in [3.8, 4) is 0 Å². The molecule has 1 nitrogen and oxygen atoms in total. The molecule has 0 saturated heterocycles. The van der Waals surface area contributed by atoms with Crippen LogP contribution in [0, 0.1) is 47.3 Å². The monoisotopic (exact) mass is 695 g/mol. The summed E-state index contributed by atoms with van der Waals surface area (Å²) in [7, 11) is 0. The lowest BCUT2D eigenvalue weighted by Crippen LogP contribution is -2.31. The van der Waals surface area contributed by atoms with Crippen molar-refractivity contribution in [1.82, 2.24) is 0 Å². The molecule has 0 spiro atoms. The van der Waals surface area contributed by atoms with E-state index in [2.05, 4.69) is 76.2 Å². The molecule has 2 atom stereocenters. The molecule has 4 aliphatic carbocycles. The van der Waals surface area contributed by atoms with Crippen LogP contribution >= 0.6 is 0 Å². The molecule has 4 fully saturated rings. The molecule has 284 valence electrons. The maximum atomic E-state index is 7.77. The summed E-state index contributed by atoms with van der Waals surface area (Å²) in [6.45, 7) is 9.58. The molecule has 0 bridgehead atoms. The molecule has 0 N–H and O–H groups in total. The molecular weight excluding hydrogens is 617 g/mol. The van der Waals surface area contributed by atoms with Crippen LogP contribution in [0.1, 0.15) is 203 Å². The minimum absolute atomic E-state index is 0.203. The molecule has 1 heteroatoms. The fourth-order valence-corrected chi connectivity index (χ4v) is 11.3. The highest BCUT2D eigenvalue weighted by Crippen LogP contribution is 2.50. The zero-order chi connectivity index (χ0) is 35.4. The number of hydrogen-bond acceptors (Lipinski definition) is 1. The van der Waals surface area contributed by atoms with E-state index in [1.54, 1.807) is 0 Å². The summed E-state index contributed by atoms with van der Waals surface area (Å²) in [6, 6.07) is 19.7. The molecule has 2 aromatic carbocycles. The average Bonchev–Trinajstić information content (AvgIpc) is 3.17. The Morgan fingerprint density at radius 1 is 0.431 bits per heavy atom. The van der Waals surface area contributed by atoms with Crippen LogP contribution in [0.3, 0.4) is 0 Å². The van der Waals surface area contributed by atoms with E-state index in [9.17, 15) is 0 Å². The maximum Gasteiger partial charge on any atom is 0.0861 e. The summed E-state index contributed by atoms with van der Waals surface area (Å²) in [4.78, 5) is 0. The van der Waals surface area contributed by atoms with E-state index in [0.717, 1.165) is 35.5 Å². The molecule has 51 heavy (non-hydrogen) atoms. The van der Waals surface area contributed by atoms with Crippen molar-refractivity contribution in [2.45, 2.75) is 194 Å². The topological polar surface area (TPSA) is 9.23 Å². The van der Waals surface area contributed by atoms with E-state index in [0.29, 0.717) is 11.8 Å². The lowest BCUT2D eigenvalue weighted by molar-refractivity contribution is -0.0934. The standard InChI is InChI=1S/C50H78O/c1-5-7-9-11-39-17-25-45(26-18-39)49(47-33-29-43(30-34-47)41-21-13-37(3)14-22-41)51-50(46-27-19-40(20-28-46)12-10-8-6-2)48-35-31-44(32-36-48)42-23-15-38(4)16-24-42/h17-20,25-28,37-38,41-44,47-50H,5-16,21-24,29-36H2,1-4H3/t37-,38-,41-,42-,43-,44-,47-,48-,49?,50?. The van der Waals surface area contributed by atoms with Crippen LogP contribution in [-0.2, 0) is 17.6 Å². The highest BCUT2D eigenvalue weighted by Gasteiger charge is 2.38. The third-order valence-electron chi connectivity index (χ3n) is 15.0. The van der Waals surface area contributed by atoms with Gasteiger partial charge in [-0.1, -0.05) is 128 Å². The van der Waals surface area contributed by atoms with Gasteiger partial charge >= 0.3 is 0 Å². The van der Waals surface area contributed by atoms with Gasteiger partial charge in [-0.25, -0.2) is 0 Å². The molecule has 0 aromatic heterocycles. The van der Waals surface area contributed by atoms with E-state index < -0.39 is 0 Å². The third-order valence-corrected chi connectivity index (χ3v) is 15.0. The van der Waals surface area contributed by atoms with Gasteiger partial charge in [0.05, 0.1) is 12.2 Å². The lowest BCUT2D eigenvalue weighted by atomic mass is 9.67. The van der Waals surface area contributed by atoms with E-state index in [4.69, 9.17) is 4.74 Å². The summed E-state index contributed by atoms with van der Waals surface area (Å²) in [5.41, 5.74) is 5.92. The van der Waals surface area contributed by atoms with Crippen molar-refractivity contribution in [2.75, 3.05) is 0 Å². The smallest absolute Gasteiger partial charge is 0.0861 e. The Balaban J connectivity index is 1.21. The molecule has 0 radical (unpaired) electrons. The van der Waals surface area contributed by atoms with Gasteiger partial charge in [-0.15, -0.1) is 0 Å². The predicted molar refractivity (Wildman–Crippen MR) is 219 cm³/mol. The van der Waals surface area contributed by atoms with Gasteiger partial charge in [0.15, 0.2) is 0 Å². The van der Waals surface area contributed by atoms with Gasteiger partial charge < -0.3 is 4.74 Å². The van der Waals surface area contributed by atoms with Crippen molar-refractivity contribution >= 4 is 0 Å². The van der Waals surface area contributed by atoms with Crippen LogP contribution in [0.2, 0.25) is 0 Å². The summed E-state index contributed by atoms with van der Waals surface area (Å²) in [6.07, 6.45) is 33.5. The number of ether oxygens (including phenoxy) is 1. The molecular formula is C50H78O. The van der Waals surface area contributed by atoms with Crippen molar-refractivity contribution in [3.05, 3.63) is 70.8 Å². The fraction of sp³-hybridized carbons (Fsp3) is 0.760. The van der Waals surface area contributed by atoms with Crippen LogP contribution in [0.5, 0.6) is 0 Å². The van der Waals surface area contributed by atoms with Gasteiger partial charge in [-0.2, -0.15) is 0 Å². The van der Waals surface area contributed by atoms with Crippen molar-refractivity contribution in [3.63, 3.8) is 0 Å². The second-order valence-corrected chi connectivity index (χ2v) is 18.8. The van der Waals surface area contributed by atoms with Crippen LogP contribution in [0.15, 0.2) is 48.5 Å². The third kappa shape index (κ3) is 11.2. The number of hydrogen-bond donors (Lipinski definition) is 0. The van der Waals surface area contributed by atoms with Crippen LogP contribution in [0.4, 0.5) is 0 Å². The zero-order valence-corrected chi connectivity index (χ0v) is 33.8. The number of unbranched alkanes of at least 4 members (excludes halogenated alkanes) is 4. The van der Waals surface area contributed by atoms with Gasteiger partial charge in [-0.3, -0.25) is 0 Å². The van der Waals surface area contributed by atoms with E-state index in [1.807, 2.05) is 0 Å². The van der Waals surface area contributed by atoms with Gasteiger partial charge in [0.2, 0.25) is 0 Å². The van der Waals surface area contributed by atoms with E-state index in [1.165, 1.54) is 176 Å². The van der Waals surface area contributed by atoms with Crippen LogP contribution in [0.25, 0.3) is 0 Å². The first kappa shape index (κ1) is 39.1. The van der Waals surface area contributed by atoms with E-state index >= 15 is 0 Å². The summed E-state index contributed by atoms with van der Waals surface area (Å²) >= 11 is 0. The van der Waals surface area contributed by atoms with Crippen molar-refractivity contribution in [1.29, 1.82) is 0 Å². The number of rotatable bonds is 16. The van der Waals surface area contributed by atoms with Gasteiger partial charge in [0, 0.05) is 0 Å². The van der Waals surface area contributed by atoms with E-state index in [-0.39, 0.29) is 12.2 Å². The minimum atomic E-state index is 0.203. The summed E-state index contributed by atoms with van der Waals surface area (Å²) < 4.78 is 7.77. The van der Waals surface area contributed by atoms with Crippen LogP contribution in [-0.4, -0.2) is 0 Å². The SMILES string of the molecule is CCCCCc1ccc(C(OC(c2ccc(CCCCC)cc2)[C@H]2CC[C@H]([C@H]3CC[C@H](C)CC3)CC2)[C@H]2CC[C@H]([C@H]3CC[C@H](C)CC3)CC2)cc1. The lowest BCUT2D eigenvalue weighted by Gasteiger charge is -2.43. The fourth-order valence-electron chi connectivity index (χ4n) is 11.3. The van der Waals surface area contributed by atoms with Gasteiger partial charge in [0.25, 0.3) is 0 Å². The van der Waals surface area contributed by atoms with Crippen molar-refractivity contribution < 1.29 is 4.74 Å². The first-order chi connectivity index (χ1) is 25.0. The average molecular weight is 695 g/mol. The number of benzene rings is 2. The first-order valence-corrected chi connectivity index (χ1v) is 22.8. The minimum Gasteiger partial charge on any atom is -0.365 e. The normalized spacial score (nSPS) is 31.6. The molecule has 4 saturated carbocycles. The number of aryl methyl sites for hydroxylation is 2. The molecule has 0 amide bonds. The molecule has 6 rings (SSSR count). The largest absolute Gasteiger partial charge is 0.365 e. The Hall–Kier alpha value is -1.60.